The summed E-state index contributed by atoms with van der Waals surface area (Å²) in [6, 6.07) is 9.39. The van der Waals surface area contributed by atoms with Gasteiger partial charge in [-0.15, -0.1) is 0 Å². The van der Waals surface area contributed by atoms with Crippen molar-refractivity contribution in [1.82, 2.24) is 15.5 Å². The van der Waals surface area contributed by atoms with Crippen LogP contribution in [0.3, 0.4) is 0 Å². The molecule has 1 aromatic carbocycles. The zero-order chi connectivity index (χ0) is 13.2. The average Bonchev–Trinajstić information content (AvgIpc) is 2.73. The second-order valence-electron chi connectivity index (χ2n) is 5.40. The van der Waals surface area contributed by atoms with Gasteiger partial charge < -0.3 is 9.84 Å². The molecule has 0 radical (unpaired) electrons. The third-order valence-corrected chi connectivity index (χ3v) is 3.76. The Hall–Kier alpha value is -1.68. The fourth-order valence-electron chi connectivity index (χ4n) is 2.62. The molecular formula is C15H19N3O. The predicted octanol–water partition coefficient (Wildman–Crippen LogP) is 2.72. The lowest BCUT2D eigenvalue weighted by Crippen LogP contribution is -2.39. The maximum Gasteiger partial charge on any atom is 0.240 e. The normalized spacial score (nSPS) is 22.2. The number of aromatic nitrogens is 2. The van der Waals surface area contributed by atoms with Crippen molar-refractivity contribution < 1.29 is 4.52 Å². The van der Waals surface area contributed by atoms with Gasteiger partial charge >= 0.3 is 0 Å². The van der Waals surface area contributed by atoms with Gasteiger partial charge in [0.05, 0.1) is 6.54 Å². The second-order valence-corrected chi connectivity index (χ2v) is 5.40. The number of nitrogens with one attached hydrogen (secondary N) is 1. The first kappa shape index (κ1) is 12.4. The Labute approximate surface area is 113 Å². The van der Waals surface area contributed by atoms with Crippen LogP contribution in [0, 0.1) is 13.8 Å². The minimum absolute atomic E-state index is 0.567. The van der Waals surface area contributed by atoms with Crippen molar-refractivity contribution in [2.24, 2.45) is 0 Å². The van der Waals surface area contributed by atoms with Crippen LogP contribution in [0.25, 0.3) is 0 Å². The van der Waals surface area contributed by atoms with E-state index >= 15 is 0 Å². The highest BCUT2D eigenvalue weighted by molar-refractivity contribution is 5.27. The maximum atomic E-state index is 5.09. The molecule has 4 heteroatoms. The highest BCUT2D eigenvalue weighted by atomic mass is 16.5. The van der Waals surface area contributed by atoms with Crippen LogP contribution in [0.2, 0.25) is 0 Å². The monoisotopic (exact) mass is 257 g/mol. The quantitative estimate of drug-likeness (QED) is 0.915. The van der Waals surface area contributed by atoms with Gasteiger partial charge in [-0.05, 0) is 38.2 Å². The van der Waals surface area contributed by atoms with Crippen LogP contribution in [-0.2, 0) is 6.54 Å². The predicted molar refractivity (Wildman–Crippen MR) is 72.8 cm³/mol. The van der Waals surface area contributed by atoms with Crippen molar-refractivity contribution in [1.29, 1.82) is 0 Å². The summed E-state index contributed by atoms with van der Waals surface area (Å²) in [5, 5.41) is 7.25. The first-order chi connectivity index (χ1) is 9.20. The first-order valence-electron chi connectivity index (χ1n) is 6.80. The fourth-order valence-corrected chi connectivity index (χ4v) is 2.62. The molecule has 1 heterocycles. The van der Waals surface area contributed by atoms with E-state index in [2.05, 4.69) is 46.6 Å². The highest BCUT2D eigenvalue weighted by Crippen LogP contribution is 2.37. The average molecular weight is 257 g/mol. The van der Waals surface area contributed by atoms with Crippen molar-refractivity contribution >= 4 is 0 Å². The summed E-state index contributed by atoms with van der Waals surface area (Å²) in [7, 11) is 0. The highest BCUT2D eigenvalue weighted by Gasteiger charge is 2.30. The maximum absolute atomic E-state index is 5.09. The summed E-state index contributed by atoms with van der Waals surface area (Å²) < 4.78 is 5.09. The van der Waals surface area contributed by atoms with Crippen molar-refractivity contribution in [2.45, 2.75) is 45.2 Å². The van der Waals surface area contributed by atoms with Gasteiger partial charge in [-0.2, -0.15) is 4.98 Å². The molecule has 19 heavy (non-hydrogen) atoms. The smallest absolute Gasteiger partial charge is 0.240 e. The summed E-state index contributed by atoms with van der Waals surface area (Å²) in [6.45, 7) is 4.66. The summed E-state index contributed by atoms with van der Waals surface area (Å²) >= 11 is 0. The Balaban J connectivity index is 1.48. The third-order valence-electron chi connectivity index (χ3n) is 3.76. The molecule has 0 aliphatic heterocycles. The molecule has 0 spiro atoms. The molecule has 0 atom stereocenters. The molecular weight excluding hydrogens is 238 g/mol. The van der Waals surface area contributed by atoms with Crippen LogP contribution in [0.4, 0.5) is 0 Å². The van der Waals surface area contributed by atoms with E-state index in [1.165, 1.54) is 24.0 Å². The van der Waals surface area contributed by atoms with E-state index in [0.717, 1.165) is 0 Å². The van der Waals surface area contributed by atoms with E-state index in [1.807, 2.05) is 6.92 Å². The zero-order valence-corrected chi connectivity index (χ0v) is 11.4. The fraction of sp³-hybridized carbons (Fsp3) is 0.467. The number of hydrogen-bond acceptors (Lipinski definition) is 4. The van der Waals surface area contributed by atoms with Gasteiger partial charge in [0, 0.05) is 6.04 Å². The minimum Gasteiger partial charge on any atom is -0.338 e. The van der Waals surface area contributed by atoms with E-state index in [4.69, 9.17) is 4.52 Å². The topological polar surface area (TPSA) is 51.0 Å². The lowest BCUT2D eigenvalue weighted by molar-refractivity contribution is 0.271. The van der Waals surface area contributed by atoms with Gasteiger partial charge in [0.25, 0.3) is 0 Å². The van der Waals surface area contributed by atoms with E-state index in [-0.39, 0.29) is 0 Å². The number of benzene rings is 1. The standard InChI is InChI=1S/C15H19N3O/c1-10-4-3-5-12(6-10)13-7-14(8-13)16-9-15-17-11(2)18-19-15/h3-6,13-14,16H,7-9H2,1-2H3. The molecule has 1 fully saturated rings. The Morgan fingerprint density at radius 3 is 2.84 bits per heavy atom. The van der Waals surface area contributed by atoms with E-state index < -0.39 is 0 Å². The summed E-state index contributed by atoms with van der Waals surface area (Å²) in [5.41, 5.74) is 2.81. The molecule has 0 amide bonds. The van der Waals surface area contributed by atoms with Crippen LogP contribution in [0.15, 0.2) is 28.8 Å². The molecule has 1 saturated carbocycles. The first-order valence-corrected chi connectivity index (χ1v) is 6.80. The number of nitrogens with zero attached hydrogens (tertiary/aromatic N) is 2. The van der Waals surface area contributed by atoms with Crippen LogP contribution in [0.5, 0.6) is 0 Å². The van der Waals surface area contributed by atoms with Gasteiger partial charge in [-0.1, -0.05) is 35.0 Å². The molecule has 1 aliphatic carbocycles. The van der Waals surface area contributed by atoms with Crippen molar-refractivity contribution in [3.8, 4) is 0 Å². The number of aryl methyl sites for hydroxylation is 2. The van der Waals surface area contributed by atoms with Gasteiger partial charge in [0.15, 0.2) is 5.82 Å². The zero-order valence-electron chi connectivity index (χ0n) is 11.4. The Bertz CT molecular complexity index is 558. The van der Waals surface area contributed by atoms with Crippen molar-refractivity contribution in [2.75, 3.05) is 0 Å². The minimum atomic E-state index is 0.567. The van der Waals surface area contributed by atoms with Crippen LogP contribution in [0.1, 0.15) is 41.6 Å². The van der Waals surface area contributed by atoms with Crippen LogP contribution < -0.4 is 5.32 Å². The molecule has 0 saturated heterocycles. The molecule has 1 aliphatic rings. The third kappa shape index (κ3) is 2.84. The molecule has 0 bridgehead atoms. The SMILES string of the molecule is Cc1cccc(C2CC(NCc3nc(C)no3)C2)c1. The van der Waals surface area contributed by atoms with E-state index in [9.17, 15) is 0 Å². The van der Waals surface area contributed by atoms with Crippen LogP contribution >= 0.6 is 0 Å². The van der Waals surface area contributed by atoms with Gasteiger partial charge in [-0.3, -0.25) is 0 Å². The largest absolute Gasteiger partial charge is 0.338 e. The van der Waals surface area contributed by atoms with Crippen LogP contribution in [-0.4, -0.2) is 16.2 Å². The Morgan fingerprint density at radius 2 is 2.16 bits per heavy atom. The molecule has 4 nitrogen and oxygen atoms in total. The molecule has 1 aromatic heterocycles. The van der Waals surface area contributed by atoms with E-state index in [0.29, 0.717) is 30.2 Å². The summed E-state index contributed by atoms with van der Waals surface area (Å²) in [6.07, 6.45) is 2.38. The summed E-state index contributed by atoms with van der Waals surface area (Å²) in [5.74, 6) is 2.07. The summed E-state index contributed by atoms with van der Waals surface area (Å²) in [4.78, 5) is 4.19. The molecule has 2 aromatic rings. The van der Waals surface area contributed by atoms with Crippen molar-refractivity contribution in [3.05, 3.63) is 47.1 Å². The van der Waals surface area contributed by atoms with Gasteiger partial charge in [-0.25, -0.2) is 0 Å². The molecule has 3 rings (SSSR count). The second kappa shape index (κ2) is 5.13. The number of hydrogen-bond donors (Lipinski definition) is 1. The Morgan fingerprint density at radius 1 is 1.32 bits per heavy atom. The molecule has 100 valence electrons. The lowest BCUT2D eigenvalue weighted by Gasteiger charge is -2.36. The number of rotatable bonds is 4. The molecule has 0 unspecified atom stereocenters. The lowest BCUT2D eigenvalue weighted by atomic mass is 9.75. The van der Waals surface area contributed by atoms with E-state index in [1.54, 1.807) is 0 Å². The van der Waals surface area contributed by atoms with Gasteiger partial charge in [0.1, 0.15) is 0 Å². The van der Waals surface area contributed by atoms with Crippen molar-refractivity contribution in [3.63, 3.8) is 0 Å². The van der Waals surface area contributed by atoms with Gasteiger partial charge in [0.2, 0.25) is 5.89 Å². The molecule has 1 N–H and O–H groups in total. The Kier molecular flexibility index (Phi) is 3.34.